The van der Waals surface area contributed by atoms with Crippen molar-refractivity contribution < 1.29 is 9.90 Å². The molecule has 0 bridgehead atoms. The number of piperazine rings is 1. The van der Waals surface area contributed by atoms with Gasteiger partial charge in [0, 0.05) is 49.1 Å². The van der Waals surface area contributed by atoms with Crippen molar-refractivity contribution in [1.82, 2.24) is 9.88 Å². The normalized spacial score (nSPS) is 16.3. The van der Waals surface area contributed by atoms with Crippen LogP contribution in [0, 0.1) is 0 Å². The van der Waals surface area contributed by atoms with Crippen molar-refractivity contribution in [2.24, 2.45) is 0 Å². The summed E-state index contributed by atoms with van der Waals surface area (Å²) in [6.45, 7) is 5.72. The minimum atomic E-state index is -0.330. The van der Waals surface area contributed by atoms with E-state index in [1.54, 1.807) is 25.3 Å². The maximum absolute atomic E-state index is 12.7. The average Bonchev–Trinajstić information content (AvgIpc) is 2.64. The Morgan fingerprint density at radius 2 is 1.92 bits per heavy atom. The number of hydrogen-bond acceptors (Lipinski definition) is 5. The molecule has 0 spiro atoms. The number of carbonyl (C=O) groups is 1. The first kappa shape index (κ1) is 18.8. The molecule has 1 saturated heterocycles. The average molecular weight is 419 g/mol. The van der Waals surface area contributed by atoms with Gasteiger partial charge in [-0.05, 0) is 43.3 Å². The van der Waals surface area contributed by atoms with E-state index in [4.69, 9.17) is 0 Å². The summed E-state index contributed by atoms with van der Waals surface area (Å²) >= 11 is 3.39. The number of β-amino-alcohol motifs (C(OH)–C–C–N with tert-alkyl or cyclic N) is 1. The molecular formula is C19H23BrN4O2. The molecule has 0 saturated carbocycles. The van der Waals surface area contributed by atoms with Crippen LogP contribution >= 0.6 is 15.9 Å². The van der Waals surface area contributed by atoms with E-state index in [2.05, 4.69) is 36.0 Å². The summed E-state index contributed by atoms with van der Waals surface area (Å²) in [4.78, 5) is 21.6. The number of aliphatic hydroxyl groups excluding tert-OH is 1. The highest BCUT2D eigenvalue weighted by atomic mass is 79.9. The predicted octanol–water partition coefficient (Wildman–Crippen LogP) is 2.60. The number of nitrogens with zero attached hydrogens (tertiary/aromatic N) is 3. The van der Waals surface area contributed by atoms with Crippen LogP contribution in [-0.4, -0.2) is 59.7 Å². The molecule has 0 unspecified atom stereocenters. The molecule has 138 valence electrons. The summed E-state index contributed by atoms with van der Waals surface area (Å²) in [5.41, 5.74) is 1.31. The number of benzene rings is 1. The molecule has 1 fully saturated rings. The van der Waals surface area contributed by atoms with Crippen LogP contribution < -0.4 is 10.2 Å². The van der Waals surface area contributed by atoms with Gasteiger partial charge in [-0.25, -0.2) is 4.98 Å². The first-order valence-corrected chi connectivity index (χ1v) is 9.49. The van der Waals surface area contributed by atoms with Crippen LogP contribution in [0.1, 0.15) is 17.3 Å². The van der Waals surface area contributed by atoms with Crippen molar-refractivity contribution >= 4 is 33.3 Å². The van der Waals surface area contributed by atoms with Gasteiger partial charge in [-0.1, -0.05) is 15.9 Å². The topological polar surface area (TPSA) is 68.7 Å². The Labute approximate surface area is 162 Å². The zero-order valence-electron chi connectivity index (χ0n) is 14.7. The van der Waals surface area contributed by atoms with Gasteiger partial charge < -0.3 is 15.3 Å². The third-order valence-electron chi connectivity index (χ3n) is 4.33. The van der Waals surface area contributed by atoms with Gasteiger partial charge in [-0.2, -0.15) is 0 Å². The lowest BCUT2D eigenvalue weighted by atomic mass is 10.2. The zero-order valence-corrected chi connectivity index (χ0v) is 16.3. The Bertz CT molecular complexity index is 743. The second-order valence-electron chi connectivity index (χ2n) is 6.47. The highest BCUT2D eigenvalue weighted by Crippen LogP contribution is 2.21. The Hall–Kier alpha value is -1.96. The van der Waals surface area contributed by atoms with Gasteiger partial charge in [0.1, 0.15) is 5.82 Å². The van der Waals surface area contributed by atoms with Crippen LogP contribution in [0.25, 0.3) is 0 Å². The van der Waals surface area contributed by atoms with E-state index in [1.165, 1.54) is 0 Å². The molecule has 1 aromatic carbocycles. The van der Waals surface area contributed by atoms with Gasteiger partial charge in [-0.15, -0.1) is 0 Å². The first-order chi connectivity index (χ1) is 12.5. The molecular weight excluding hydrogens is 396 g/mol. The van der Waals surface area contributed by atoms with Gasteiger partial charge >= 0.3 is 0 Å². The quantitative estimate of drug-likeness (QED) is 0.780. The molecule has 0 radical (unpaired) electrons. The molecule has 6 nitrogen and oxygen atoms in total. The summed E-state index contributed by atoms with van der Waals surface area (Å²) in [5, 5.41) is 12.5. The van der Waals surface area contributed by atoms with Crippen LogP contribution in [0.15, 0.2) is 47.1 Å². The molecule has 1 aliphatic heterocycles. The number of pyridine rings is 1. The molecule has 2 heterocycles. The Morgan fingerprint density at radius 1 is 1.23 bits per heavy atom. The highest BCUT2D eigenvalue weighted by Gasteiger charge is 2.23. The maximum atomic E-state index is 12.7. The fourth-order valence-electron chi connectivity index (χ4n) is 3.07. The number of aromatic nitrogens is 1. The molecule has 2 aromatic rings. The van der Waals surface area contributed by atoms with Gasteiger partial charge in [0.2, 0.25) is 0 Å². The van der Waals surface area contributed by atoms with Gasteiger partial charge in [-0.3, -0.25) is 9.69 Å². The Balaban J connectivity index is 1.70. The molecule has 7 heteroatoms. The highest BCUT2D eigenvalue weighted by molar-refractivity contribution is 9.10. The first-order valence-electron chi connectivity index (χ1n) is 8.70. The SMILES string of the molecule is C[C@@H](O)CN1CCN(c2ncccc2C(=O)Nc2ccc(Br)cc2)CC1. The number of halogens is 1. The second-order valence-corrected chi connectivity index (χ2v) is 7.39. The molecule has 1 aromatic heterocycles. The number of amides is 1. The molecule has 1 amide bonds. The second kappa shape index (κ2) is 8.62. The largest absolute Gasteiger partial charge is 0.392 e. The maximum Gasteiger partial charge on any atom is 0.259 e. The fourth-order valence-corrected chi connectivity index (χ4v) is 3.34. The number of rotatable bonds is 5. The third kappa shape index (κ3) is 4.81. The van der Waals surface area contributed by atoms with E-state index in [1.807, 2.05) is 24.3 Å². The van der Waals surface area contributed by atoms with E-state index in [0.717, 1.165) is 36.3 Å². The van der Waals surface area contributed by atoms with Crippen LogP contribution in [-0.2, 0) is 0 Å². The number of nitrogens with one attached hydrogen (secondary N) is 1. The lowest BCUT2D eigenvalue weighted by Crippen LogP contribution is -2.49. The zero-order chi connectivity index (χ0) is 18.5. The number of hydrogen-bond donors (Lipinski definition) is 2. The van der Waals surface area contributed by atoms with Crippen molar-refractivity contribution in [3.05, 3.63) is 52.6 Å². The molecule has 1 aliphatic rings. The third-order valence-corrected chi connectivity index (χ3v) is 4.86. The molecule has 0 aliphatic carbocycles. The van der Waals surface area contributed by atoms with E-state index in [0.29, 0.717) is 17.9 Å². The van der Waals surface area contributed by atoms with E-state index < -0.39 is 0 Å². The van der Waals surface area contributed by atoms with Crippen molar-refractivity contribution in [2.45, 2.75) is 13.0 Å². The minimum absolute atomic E-state index is 0.165. The van der Waals surface area contributed by atoms with Crippen LogP contribution in [0.3, 0.4) is 0 Å². The van der Waals surface area contributed by atoms with Gasteiger partial charge in [0.25, 0.3) is 5.91 Å². The predicted molar refractivity (Wildman–Crippen MR) is 107 cm³/mol. The molecule has 3 rings (SSSR count). The number of aliphatic hydroxyl groups is 1. The molecule has 2 N–H and O–H groups in total. The summed E-state index contributed by atoms with van der Waals surface area (Å²) in [5.74, 6) is 0.542. The molecule has 26 heavy (non-hydrogen) atoms. The van der Waals surface area contributed by atoms with Crippen LogP contribution in [0.4, 0.5) is 11.5 Å². The fraction of sp³-hybridized carbons (Fsp3) is 0.368. The Kier molecular flexibility index (Phi) is 6.24. The van der Waals surface area contributed by atoms with Crippen molar-refractivity contribution in [3.8, 4) is 0 Å². The minimum Gasteiger partial charge on any atom is -0.392 e. The number of anilines is 2. The van der Waals surface area contributed by atoms with Crippen molar-refractivity contribution in [1.29, 1.82) is 0 Å². The summed E-state index contributed by atoms with van der Waals surface area (Å²) in [6, 6.07) is 11.1. The van der Waals surface area contributed by atoms with Crippen LogP contribution in [0.2, 0.25) is 0 Å². The van der Waals surface area contributed by atoms with Crippen molar-refractivity contribution in [3.63, 3.8) is 0 Å². The standard InChI is InChI=1S/C19H23BrN4O2/c1-14(25)13-23-9-11-24(12-10-23)18-17(3-2-8-21-18)19(26)22-16-6-4-15(20)5-7-16/h2-8,14,25H,9-13H2,1H3,(H,22,26)/t14-/m1/s1. The summed E-state index contributed by atoms with van der Waals surface area (Å²) < 4.78 is 0.965. The van der Waals surface area contributed by atoms with Crippen LogP contribution in [0.5, 0.6) is 0 Å². The lowest BCUT2D eigenvalue weighted by molar-refractivity contribution is 0.102. The van der Waals surface area contributed by atoms with Crippen molar-refractivity contribution in [2.75, 3.05) is 42.9 Å². The Morgan fingerprint density at radius 3 is 2.58 bits per heavy atom. The van der Waals surface area contributed by atoms with E-state index in [-0.39, 0.29) is 12.0 Å². The number of carbonyl (C=O) groups excluding carboxylic acids is 1. The summed E-state index contributed by atoms with van der Waals surface area (Å²) in [6.07, 6.45) is 1.39. The smallest absolute Gasteiger partial charge is 0.259 e. The van der Waals surface area contributed by atoms with Gasteiger partial charge in [0.05, 0.1) is 11.7 Å². The lowest BCUT2D eigenvalue weighted by Gasteiger charge is -2.36. The van der Waals surface area contributed by atoms with Gasteiger partial charge in [0.15, 0.2) is 0 Å². The van der Waals surface area contributed by atoms with E-state index >= 15 is 0 Å². The monoisotopic (exact) mass is 418 g/mol. The van der Waals surface area contributed by atoms with E-state index in [9.17, 15) is 9.90 Å². The molecule has 1 atom stereocenters. The summed E-state index contributed by atoms with van der Waals surface area (Å²) in [7, 11) is 0.